The normalized spacial score (nSPS) is 12.4. The van der Waals surface area contributed by atoms with Gasteiger partial charge in [0.1, 0.15) is 21.8 Å². The quantitative estimate of drug-likeness (QED) is 0.330. The molecular formula is C25H27FN6O4S2. The van der Waals surface area contributed by atoms with E-state index in [2.05, 4.69) is 4.72 Å². The number of hydrogen-bond donors (Lipinski definition) is 1. The van der Waals surface area contributed by atoms with Gasteiger partial charge >= 0.3 is 5.69 Å². The third-order valence-electron chi connectivity index (χ3n) is 6.51. The molecule has 1 N–H and O–H groups in total. The maximum atomic E-state index is 14.1. The molecule has 10 nitrogen and oxygen atoms in total. The zero-order chi connectivity index (χ0) is 27.5. The van der Waals surface area contributed by atoms with E-state index in [9.17, 15) is 22.4 Å². The van der Waals surface area contributed by atoms with Gasteiger partial charge in [-0.25, -0.2) is 22.3 Å². The van der Waals surface area contributed by atoms with Crippen LogP contribution in [0.1, 0.15) is 19.4 Å². The monoisotopic (exact) mass is 558 g/mol. The third kappa shape index (κ3) is 4.20. The van der Waals surface area contributed by atoms with E-state index in [0.717, 1.165) is 20.2 Å². The second-order valence-electron chi connectivity index (χ2n) is 9.64. The van der Waals surface area contributed by atoms with Crippen LogP contribution in [-0.2, 0) is 37.2 Å². The Kier molecular flexibility index (Phi) is 6.40. The molecule has 0 aliphatic rings. The Labute approximate surface area is 221 Å². The molecule has 5 aromatic rings. The summed E-state index contributed by atoms with van der Waals surface area (Å²) in [6.45, 7) is 4.42. The number of aromatic nitrogens is 5. The molecule has 0 atom stereocenters. The highest BCUT2D eigenvalue weighted by atomic mass is 32.2. The first kappa shape index (κ1) is 26.1. The first-order valence-corrected chi connectivity index (χ1v) is 14.3. The summed E-state index contributed by atoms with van der Waals surface area (Å²) in [6.07, 6.45) is 1.45. The Morgan fingerprint density at radius 1 is 1.16 bits per heavy atom. The van der Waals surface area contributed by atoms with Crippen molar-refractivity contribution in [3.05, 3.63) is 68.1 Å². The summed E-state index contributed by atoms with van der Waals surface area (Å²) >= 11 is 1.46. The molecule has 0 unspecified atom stereocenters. The zero-order valence-corrected chi connectivity index (χ0v) is 23.2. The van der Waals surface area contributed by atoms with Crippen LogP contribution in [0.3, 0.4) is 0 Å². The smallest absolute Gasteiger partial charge is 0.332 e. The molecule has 4 heterocycles. The largest absolute Gasteiger partial charge is 0.348 e. The highest BCUT2D eigenvalue weighted by Crippen LogP contribution is 2.32. The first-order valence-electron chi connectivity index (χ1n) is 11.9. The summed E-state index contributed by atoms with van der Waals surface area (Å²) < 4.78 is 48.2. The Morgan fingerprint density at radius 2 is 1.89 bits per heavy atom. The lowest BCUT2D eigenvalue weighted by Gasteiger charge is -2.11. The van der Waals surface area contributed by atoms with E-state index in [1.807, 2.05) is 19.2 Å². The van der Waals surface area contributed by atoms with Crippen LogP contribution in [0, 0.1) is 11.7 Å². The van der Waals surface area contributed by atoms with E-state index in [-0.39, 0.29) is 34.2 Å². The summed E-state index contributed by atoms with van der Waals surface area (Å²) in [4.78, 5) is 26.7. The summed E-state index contributed by atoms with van der Waals surface area (Å²) in [7, 11) is 0.647. The van der Waals surface area contributed by atoms with Gasteiger partial charge in [-0.05, 0) is 48.2 Å². The fraction of sp³-hybridized carbons (Fsp3) is 0.320. The minimum Gasteiger partial charge on any atom is -0.348 e. The lowest BCUT2D eigenvalue weighted by molar-refractivity contribution is 0.498. The van der Waals surface area contributed by atoms with Crippen LogP contribution in [0.2, 0.25) is 0 Å². The van der Waals surface area contributed by atoms with Crippen LogP contribution >= 0.6 is 11.3 Å². The topological polar surface area (TPSA) is 113 Å². The summed E-state index contributed by atoms with van der Waals surface area (Å²) in [5, 5.41) is 7.57. The number of rotatable bonds is 7. The van der Waals surface area contributed by atoms with Crippen molar-refractivity contribution >= 4 is 42.5 Å². The van der Waals surface area contributed by atoms with Gasteiger partial charge in [0.05, 0.1) is 12.2 Å². The van der Waals surface area contributed by atoms with Gasteiger partial charge in [0.2, 0.25) is 10.0 Å². The molecular weight excluding hydrogens is 531 g/mol. The highest BCUT2D eigenvalue weighted by Gasteiger charge is 2.26. The number of sulfonamides is 1. The minimum absolute atomic E-state index is 0.0220. The molecule has 0 saturated carbocycles. The van der Waals surface area contributed by atoms with Crippen molar-refractivity contribution in [1.82, 2.24) is 28.2 Å². The molecule has 0 fully saturated rings. The molecule has 4 aromatic heterocycles. The Balaban J connectivity index is 1.86. The van der Waals surface area contributed by atoms with Gasteiger partial charge in [-0.2, -0.15) is 5.10 Å². The van der Waals surface area contributed by atoms with Gasteiger partial charge in [0.15, 0.2) is 5.65 Å². The third-order valence-corrected chi connectivity index (χ3v) is 8.90. The molecule has 0 aliphatic carbocycles. The molecule has 0 saturated heterocycles. The van der Waals surface area contributed by atoms with E-state index in [1.165, 1.54) is 54.4 Å². The molecule has 0 bridgehead atoms. The average molecular weight is 559 g/mol. The standard InChI is InChI=1S/C25H27FN6O4S2/c1-14(2)10-31-23-21(24(33)30(5)25(31)34)22(19-9-17(12-29(19)4)38(35,36)27-3)32(28-23)11-15-13-37-20-7-6-16(26)8-18(15)20/h6-9,12-14,27H,10-11H2,1-5H3. The highest BCUT2D eigenvalue weighted by molar-refractivity contribution is 7.89. The SMILES string of the molecule is CNS(=O)(=O)c1cc(-c2c3c(=O)n(C)c(=O)n(CC(C)C)c3nn2Cc2csc3ccc(F)cc23)n(C)c1. The molecule has 0 amide bonds. The molecule has 0 spiro atoms. The molecule has 0 aliphatic heterocycles. The van der Waals surface area contributed by atoms with E-state index >= 15 is 0 Å². The van der Waals surface area contributed by atoms with Gasteiger partial charge in [0.25, 0.3) is 5.56 Å². The van der Waals surface area contributed by atoms with Gasteiger partial charge in [-0.1, -0.05) is 13.8 Å². The van der Waals surface area contributed by atoms with Crippen LogP contribution in [-0.4, -0.2) is 38.9 Å². The van der Waals surface area contributed by atoms with Crippen molar-refractivity contribution < 1.29 is 12.8 Å². The van der Waals surface area contributed by atoms with Crippen molar-refractivity contribution in [3.63, 3.8) is 0 Å². The molecule has 13 heteroatoms. The van der Waals surface area contributed by atoms with Crippen molar-refractivity contribution in [2.45, 2.75) is 31.8 Å². The maximum Gasteiger partial charge on any atom is 0.332 e. The number of halogens is 1. The number of nitrogens with one attached hydrogen (secondary N) is 1. The fourth-order valence-corrected chi connectivity index (χ4v) is 6.37. The first-order chi connectivity index (χ1) is 17.9. The van der Waals surface area contributed by atoms with E-state index < -0.39 is 21.3 Å². The lowest BCUT2D eigenvalue weighted by Crippen LogP contribution is -2.38. The molecule has 1 aromatic carbocycles. The van der Waals surface area contributed by atoms with Crippen LogP contribution in [0.15, 0.2) is 50.3 Å². The number of aryl methyl sites for hydroxylation is 1. The zero-order valence-electron chi connectivity index (χ0n) is 21.5. The second kappa shape index (κ2) is 9.33. The maximum absolute atomic E-state index is 14.1. The van der Waals surface area contributed by atoms with Crippen molar-refractivity contribution in [1.29, 1.82) is 0 Å². The number of thiophene rings is 1. The molecule has 38 heavy (non-hydrogen) atoms. The van der Waals surface area contributed by atoms with E-state index in [1.54, 1.807) is 22.4 Å². The predicted octanol–water partition coefficient (Wildman–Crippen LogP) is 2.87. The van der Waals surface area contributed by atoms with E-state index in [0.29, 0.717) is 17.9 Å². The minimum atomic E-state index is -3.77. The van der Waals surface area contributed by atoms with Crippen molar-refractivity contribution in [2.75, 3.05) is 7.05 Å². The van der Waals surface area contributed by atoms with Gasteiger partial charge in [0, 0.05) is 36.9 Å². The fourth-order valence-electron chi connectivity index (χ4n) is 4.64. The number of benzene rings is 1. The predicted molar refractivity (Wildman–Crippen MR) is 146 cm³/mol. The molecule has 200 valence electrons. The Bertz CT molecular complexity index is 1940. The summed E-state index contributed by atoms with van der Waals surface area (Å²) in [5.41, 5.74) is 0.775. The summed E-state index contributed by atoms with van der Waals surface area (Å²) in [5.74, 6) is -0.278. The van der Waals surface area contributed by atoms with Gasteiger partial charge in [-0.3, -0.25) is 18.6 Å². The average Bonchev–Trinajstić information content (AvgIpc) is 3.56. The van der Waals surface area contributed by atoms with Crippen LogP contribution in [0.5, 0.6) is 0 Å². The lowest BCUT2D eigenvalue weighted by atomic mass is 10.1. The second-order valence-corrected chi connectivity index (χ2v) is 12.4. The van der Waals surface area contributed by atoms with E-state index in [4.69, 9.17) is 5.10 Å². The van der Waals surface area contributed by atoms with Gasteiger partial charge in [-0.15, -0.1) is 11.3 Å². The molecule has 5 rings (SSSR count). The van der Waals surface area contributed by atoms with Crippen LogP contribution in [0.4, 0.5) is 4.39 Å². The van der Waals surface area contributed by atoms with Crippen molar-refractivity contribution in [3.8, 4) is 11.4 Å². The summed E-state index contributed by atoms with van der Waals surface area (Å²) in [6, 6.07) is 6.04. The van der Waals surface area contributed by atoms with Gasteiger partial charge < -0.3 is 4.57 Å². The number of hydrogen-bond acceptors (Lipinski definition) is 6. The number of fused-ring (bicyclic) bond motifs is 2. The van der Waals surface area contributed by atoms with Crippen LogP contribution in [0.25, 0.3) is 32.5 Å². The Morgan fingerprint density at radius 3 is 2.58 bits per heavy atom. The van der Waals surface area contributed by atoms with Crippen LogP contribution < -0.4 is 16.0 Å². The number of nitrogens with zero attached hydrogens (tertiary/aromatic N) is 5. The van der Waals surface area contributed by atoms with Crippen molar-refractivity contribution in [2.24, 2.45) is 20.0 Å². The molecule has 0 radical (unpaired) electrons. The Hall–Kier alpha value is -3.55.